The molecule has 4 heteroatoms. The first-order chi connectivity index (χ1) is 9.17. The molecular weight excluding hydrogens is 329 g/mol. The van der Waals surface area contributed by atoms with E-state index in [1.54, 1.807) is 6.07 Å². The average molecular weight is 343 g/mol. The summed E-state index contributed by atoms with van der Waals surface area (Å²) >= 11 is 9.78. The Hall–Kier alpha value is -1.06. The number of hydrogen-bond donors (Lipinski definition) is 0. The number of nitrogens with zero attached hydrogens (tertiary/aromatic N) is 1. The molecular formula is C15H14BrClFN. The molecule has 0 heterocycles. The van der Waals surface area contributed by atoms with Crippen molar-refractivity contribution in [3.8, 4) is 0 Å². The minimum atomic E-state index is -0.247. The highest BCUT2D eigenvalue weighted by Gasteiger charge is 2.15. The largest absolute Gasteiger partial charge is 0.340 e. The zero-order valence-corrected chi connectivity index (χ0v) is 12.9. The van der Waals surface area contributed by atoms with Crippen LogP contribution in [0.3, 0.4) is 0 Å². The Kier molecular flexibility index (Phi) is 4.83. The summed E-state index contributed by atoms with van der Waals surface area (Å²) in [6, 6.07) is 12.3. The quantitative estimate of drug-likeness (QED) is 0.660. The number of benzene rings is 2. The minimum Gasteiger partial charge on any atom is -0.340 e. The molecule has 0 amide bonds. The van der Waals surface area contributed by atoms with E-state index in [-0.39, 0.29) is 5.82 Å². The minimum absolute atomic E-state index is 0.247. The second-order valence-corrected chi connectivity index (χ2v) is 5.07. The Morgan fingerprint density at radius 3 is 2.58 bits per heavy atom. The van der Waals surface area contributed by atoms with Gasteiger partial charge in [0.25, 0.3) is 0 Å². The lowest BCUT2D eigenvalue weighted by atomic mass is 10.1. The second kappa shape index (κ2) is 6.40. The van der Waals surface area contributed by atoms with Gasteiger partial charge in [-0.15, -0.1) is 0 Å². The van der Waals surface area contributed by atoms with E-state index >= 15 is 0 Å². The van der Waals surface area contributed by atoms with Crippen molar-refractivity contribution in [2.24, 2.45) is 0 Å². The molecule has 0 fully saturated rings. The van der Waals surface area contributed by atoms with Gasteiger partial charge in [0.15, 0.2) is 0 Å². The summed E-state index contributed by atoms with van der Waals surface area (Å²) in [7, 11) is 0. The third-order valence-corrected chi connectivity index (χ3v) is 3.83. The molecule has 0 bridgehead atoms. The molecule has 2 aromatic carbocycles. The molecule has 0 atom stereocenters. The molecule has 0 aliphatic rings. The highest BCUT2D eigenvalue weighted by molar-refractivity contribution is 9.08. The summed E-state index contributed by atoms with van der Waals surface area (Å²) in [6.07, 6.45) is 0. The third-order valence-electron chi connectivity index (χ3n) is 2.92. The van der Waals surface area contributed by atoms with Crippen molar-refractivity contribution in [2.45, 2.75) is 12.3 Å². The summed E-state index contributed by atoms with van der Waals surface area (Å²) in [4.78, 5) is 2.02. The van der Waals surface area contributed by atoms with Crippen molar-refractivity contribution in [1.82, 2.24) is 0 Å². The summed E-state index contributed by atoms with van der Waals surface area (Å²) in [5.41, 5.74) is 2.81. The first kappa shape index (κ1) is 14.4. The molecule has 0 saturated heterocycles. The Bertz CT molecular complexity index is 574. The van der Waals surface area contributed by atoms with Gasteiger partial charge in [-0.2, -0.15) is 0 Å². The Labute approximate surface area is 126 Å². The van der Waals surface area contributed by atoms with Crippen LogP contribution in [0, 0.1) is 5.82 Å². The number of alkyl halides is 1. The molecule has 19 heavy (non-hydrogen) atoms. The standard InChI is InChI=1S/C15H14BrClFN/c1-2-19(13-7-4-6-12(18)9-13)15-11(10-16)5-3-8-14(15)17/h3-9H,2,10H2,1H3. The van der Waals surface area contributed by atoms with Crippen LogP contribution in [0.15, 0.2) is 42.5 Å². The lowest BCUT2D eigenvalue weighted by Gasteiger charge is -2.26. The molecule has 0 spiro atoms. The zero-order valence-electron chi connectivity index (χ0n) is 10.5. The molecule has 0 unspecified atom stereocenters. The maximum atomic E-state index is 13.4. The van der Waals surface area contributed by atoms with E-state index in [4.69, 9.17) is 11.6 Å². The topological polar surface area (TPSA) is 3.24 Å². The molecule has 100 valence electrons. The highest BCUT2D eigenvalue weighted by atomic mass is 79.9. The number of halogens is 3. The van der Waals surface area contributed by atoms with Gasteiger partial charge in [0.05, 0.1) is 10.7 Å². The Morgan fingerprint density at radius 1 is 1.21 bits per heavy atom. The first-order valence-corrected chi connectivity index (χ1v) is 7.53. The number of para-hydroxylation sites is 1. The van der Waals surface area contributed by atoms with E-state index in [2.05, 4.69) is 15.9 Å². The fourth-order valence-corrected chi connectivity index (χ4v) is 2.83. The van der Waals surface area contributed by atoms with Crippen molar-refractivity contribution >= 4 is 38.9 Å². The predicted molar refractivity (Wildman–Crippen MR) is 83.2 cm³/mol. The molecule has 1 nitrogen and oxygen atoms in total. The fraction of sp³-hybridized carbons (Fsp3) is 0.200. The molecule has 0 aliphatic carbocycles. The van der Waals surface area contributed by atoms with E-state index in [0.717, 1.165) is 16.9 Å². The van der Waals surface area contributed by atoms with Crippen molar-refractivity contribution in [3.63, 3.8) is 0 Å². The normalized spacial score (nSPS) is 10.5. The maximum Gasteiger partial charge on any atom is 0.125 e. The molecule has 0 aromatic heterocycles. The van der Waals surface area contributed by atoms with Gasteiger partial charge in [-0.25, -0.2) is 4.39 Å². The van der Waals surface area contributed by atoms with Crippen molar-refractivity contribution in [3.05, 3.63) is 58.9 Å². The van der Waals surface area contributed by atoms with E-state index < -0.39 is 0 Å². The van der Waals surface area contributed by atoms with Gasteiger partial charge >= 0.3 is 0 Å². The van der Waals surface area contributed by atoms with Crippen LogP contribution in [-0.2, 0) is 5.33 Å². The number of hydrogen-bond acceptors (Lipinski definition) is 1. The van der Waals surface area contributed by atoms with E-state index in [9.17, 15) is 4.39 Å². The van der Waals surface area contributed by atoms with Gasteiger partial charge < -0.3 is 4.90 Å². The summed E-state index contributed by atoms with van der Waals surface area (Å²) in [5.74, 6) is -0.247. The van der Waals surface area contributed by atoms with Crippen LogP contribution in [0.5, 0.6) is 0 Å². The maximum absolute atomic E-state index is 13.4. The molecule has 2 aromatic rings. The van der Waals surface area contributed by atoms with Gasteiger partial charge in [0.1, 0.15) is 5.82 Å². The summed E-state index contributed by atoms with van der Waals surface area (Å²) < 4.78 is 13.4. The van der Waals surface area contributed by atoms with Crippen molar-refractivity contribution in [1.29, 1.82) is 0 Å². The first-order valence-electron chi connectivity index (χ1n) is 6.03. The van der Waals surface area contributed by atoms with Crippen LogP contribution >= 0.6 is 27.5 Å². The molecule has 0 radical (unpaired) electrons. The number of anilines is 2. The van der Waals surface area contributed by atoms with Gasteiger partial charge in [-0.1, -0.05) is 45.7 Å². The van der Waals surface area contributed by atoms with E-state index in [1.807, 2.05) is 36.1 Å². The van der Waals surface area contributed by atoms with Gasteiger partial charge in [0.2, 0.25) is 0 Å². The molecule has 2 rings (SSSR count). The van der Waals surface area contributed by atoms with Crippen molar-refractivity contribution < 1.29 is 4.39 Å². The Balaban J connectivity index is 2.54. The SMILES string of the molecule is CCN(c1cccc(F)c1)c1c(Cl)cccc1CBr. The monoisotopic (exact) mass is 341 g/mol. The van der Waals surface area contributed by atoms with Crippen LogP contribution in [0.2, 0.25) is 5.02 Å². The van der Waals surface area contributed by atoms with Crippen LogP contribution in [0.4, 0.5) is 15.8 Å². The average Bonchev–Trinajstić information content (AvgIpc) is 2.41. The van der Waals surface area contributed by atoms with E-state index in [0.29, 0.717) is 16.9 Å². The fourth-order valence-electron chi connectivity index (χ4n) is 2.08. The van der Waals surface area contributed by atoms with Crippen molar-refractivity contribution in [2.75, 3.05) is 11.4 Å². The summed E-state index contributed by atoms with van der Waals surface area (Å²) in [6.45, 7) is 2.74. The second-order valence-electron chi connectivity index (χ2n) is 4.11. The Morgan fingerprint density at radius 2 is 1.95 bits per heavy atom. The van der Waals surface area contributed by atoms with Crippen LogP contribution in [0.25, 0.3) is 0 Å². The highest BCUT2D eigenvalue weighted by Crippen LogP contribution is 2.36. The van der Waals surface area contributed by atoms with Gasteiger partial charge in [0, 0.05) is 17.6 Å². The lowest BCUT2D eigenvalue weighted by molar-refractivity contribution is 0.627. The van der Waals surface area contributed by atoms with Gasteiger partial charge in [-0.3, -0.25) is 0 Å². The lowest BCUT2D eigenvalue weighted by Crippen LogP contribution is -2.18. The van der Waals surface area contributed by atoms with Crippen LogP contribution in [-0.4, -0.2) is 6.54 Å². The molecule has 0 N–H and O–H groups in total. The molecule has 0 aliphatic heterocycles. The smallest absolute Gasteiger partial charge is 0.125 e. The van der Waals surface area contributed by atoms with Crippen LogP contribution < -0.4 is 4.90 Å². The van der Waals surface area contributed by atoms with Gasteiger partial charge in [-0.05, 0) is 36.8 Å². The number of rotatable bonds is 4. The van der Waals surface area contributed by atoms with E-state index in [1.165, 1.54) is 12.1 Å². The third kappa shape index (κ3) is 3.10. The summed E-state index contributed by atoms with van der Waals surface area (Å²) in [5, 5.41) is 1.37. The zero-order chi connectivity index (χ0) is 13.8. The predicted octanol–water partition coefficient (Wildman–Crippen LogP) is 5.53. The van der Waals surface area contributed by atoms with Crippen LogP contribution in [0.1, 0.15) is 12.5 Å². The molecule has 0 saturated carbocycles.